The maximum absolute atomic E-state index is 13.5. The molecule has 3 heterocycles. The summed E-state index contributed by atoms with van der Waals surface area (Å²) in [6, 6.07) is 16.4. The Morgan fingerprint density at radius 3 is 2.76 bits per heavy atom. The predicted octanol–water partition coefficient (Wildman–Crippen LogP) is 3.29. The molecular formula is C23H25ClN4O. The molecule has 2 aliphatic heterocycles. The number of amides is 1. The fourth-order valence-electron chi connectivity index (χ4n) is 4.74. The van der Waals surface area contributed by atoms with Crippen LogP contribution in [0.15, 0.2) is 48.5 Å². The van der Waals surface area contributed by atoms with Gasteiger partial charge in [0.25, 0.3) is 0 Å². The number of carbonyl (C=O) groups excluding carboxylic acids is 1. The van der Waals surface area contributed by atoms with Crippen molar-refractivity contribution in [2.45, 2.75) is 24.9 Å². The highest BCUT2D eigenvalue weighted by Crippen LogP contribution is 2.45. The normalized spacial score (nSPS) is 17.2. The molecule has 3 aromatic rings. The molecule has 1 spiro atoms. The van der Waals surface area contributed by atoms with E-state index >= 15 is 0 Å². The van der Waals surface area contributed by atoms with Gasteiger partial charge in [0.15, 0.2) is 0 Å². The number of aryl methyl sites for hydroxylation is 1. The number of hydrogen-bond acceptors (Lipinski definition) is 3. The molecule has 1 fully saturated rings. The predicted molar refractivity (Wildman–Crippen MR) is 118 cm³/mol. The lowest BCUT2D eigenvalue weighted by Gasteiger charge is -2.38. The van der Waals surface area contributed by atoms with E-state index in [1.54, 1.807) is 0 Å². The molecule has 2 aromatic carbocycles. The lowest BCUT2D eigenvalue weighted by atomic mass is 9.76. The van der Waals surface area contributed by atoms with Gasteiger partial charge < -0.3 is 20.1 Å². The third kappa shape index (κ3) is 2.88. The van der Waals surface area contributed by atoms with Crippen LogP contribution in [-0.2, 0) is 23.3 Å². The Kier molecular flexibility index (Phi) is 4.62. The Labute approximate surface area is 175 Å². The monoisotopic (exact) mass is 408 g/mol. The molecule has 0 unspecified atom stereocenters. The van der Waals surface area contributed by atoms with E-state index in [2.05, 4.69) is 39.5 Å². The zero-order valence-corrected chi connectivity index (χ0v) is 17.3. The summed E-state index contributed by atoms with van der Waals surface area (Å²) in [7, 11) is 1.97. The van der Waals surface area contributed by atoms with E-state index in [4.69, 9.17) is 11.6 Å². The zero-order valence-electron chi connectivity index (χ0n) is 16.5. The van der Waals surface area contributed by atoms with Crippen molar-refractivity contribution in [3.8, 4) is 0 Å². The molecule has 2 aliphatic rings. The number of benzene rings is 2. The van der Waals surface area contributed by atoms with Crippen LogP contribution in [0.1, 0.15) is 17.7 Å². The maximum Gasteiger partial charge on any atom is 0.240 e. The molecule has 5 nitrogen and oxygen atoms in total. The van der Waals surface area contributed by atoms with Crippen molar-refractivity contribution in [2.75, 3.05) is 31.6 Å². The summed E-state index contributed by atoms with van der Waals surface area (Å²) in [6.45, 7) is 3.87. The molecule has 0 bridgehead atoms. The maximum atomic E-state index is 13.5. The average molecular weight is 409 g/mol. The van der Waals surface area contributed by atoms with Crippen LogP contribution in [0.25, 0.3) is 10.9 Å². The fourth-order valence-corrected chi connectivity index (χ4v) is 4.92. The number of halogens is 1. The third-order valence-corrected chi connectivity index (χ3v) is 6.53. The van der Waals surface area contributed by atoms with Crippen LogP contribution >= 0.6 is 11.6 Å². The zero-order chi connectivity index (χ0) is 20.0. The highest BCUT2D eigenvalue weighted by molar-refractivity contribution is 6.31. The SMILES string of the molecule is CNCCCn1c(CN2C(=O)C3(CNC3)c3ccccc32)cc2cc(Cl)ccc21. The van der Waals surface area contributed by atoms with E-state index in [0.29, 0.717) is 6.54 Å². The molecule has 6 heteroatoms. The first-order valence-electron chi connectivity index (χ1n) is 10.2. The number of fused-ring (bicyclic) bond motifs is 3. The van der Waals surface area contributed by atoms with Crippen molar-refractivity contribution < 1.29 is 4.79 Å². The van der Waals surface area contributed by atoms with E-state index in [0.717, 1.165) is 60.0 Å². The van der Waals surface area contributed by atoms with E-state index in [1.807, 2.05) is 36.2 Å². The summed E-state index contributed by atoms with van der Waals surface area (Å²) in [5.74, 6) is 0.211. The first-order valence-corrected chi connectivity index (χ1v) is 10.6. The molecule has 29 heavy (non-hydrogen) atoms. The van der Waals surface area contributed by atoms with Gasteiger partial charge >= 0.3 is 0 Å². The van der Waals surface area contributed by atoms with Crippen molar-refractivity contribution in [1.29, 1.82) is 0 Å². The number of anilines is 1. The van der Waals surface area contributed by atoms with E-state index in [1.165, 1.54) is 5.52 Å². The number of para-hydroxylation sites is 1. The standard InChI is InChI=1S/C23H25ClN4O/c1-25-9-4-10-27-18(12-16-11-17(24)7-8-20(16)27)13-28-21-6-3-2-5-19(21)23(22(28)29)14-26-15-23/h2-3,5-8,11-12,25-26H,4,9-10,13-15H2,1H3. The molecule has 2 N–H and O–H groups in total. The Morgan fingerprint density at radius 2 is 2.00 bits per heavy atom. The molecule has 5 rings (SSSR count). The van der Waals surface area contributed by atoms with E-state index in [-0.39, 0.29) is 11.3 Å². The summed E-state index contributed by atoms with van der Waals surface area (Å²) in [4.78, 5) is 15.4. The quantitative estimate of drug-likeness (QED) is 0.615. The molecular weight excluding hydrogens is 384 g/mol. The molecule has 1 aromatic heterocycles. The second-order valence-electron chi connectivity index (χ2n) is 8.04. The fraction of sp³-hybridized carbons (Fsp3) is 0.348. The molecule has 1 amide bonds. The minimum atomic E-state index is -0.386. The van der Waals surface area contributed by atoms with Crippen molar-refractivity contribution >= 4 is 34.1 Å². The largest absolute Gasteiger partial charge is 0.343 e. The van der Waals surface area contributed by atoms with Gasteiger partial charge in [-0.05, 0) is 55.9 Å². The summed E-state index contributed by atoms with van der Waals surface area (Å²) < 4.78 is 2.34. The van der Waals surface area contributed by atoms with Gasteiger partial charge in [0, 0.05) is 46.9 Å². The molecule has 150 valence electrons. The molecule has 0 saturated carbocycles. The molecule has 0 atom stereocenters. The third-order valence-electron chi connectivity index (χ3n) is 6.30. The van der Waals surface area contributed by atoms with Gasteiger partial charge in [-0.1, -0.05) is 29.8 Å². The average Bonchev–Trinajstić information content (AvgIpc) is 3.14. The second-order valence-corrected chi connectivity index (χ2v) is 8.48. The van der Waals surface area contributed by atoms with E-state index in [9.17, 15) is 4.79 Å². The van der Waals surface area contributed by atoms with Crippen LogP contribution in [-0.4, -0.2) is 37.2 Å². The second kappa shape index (κ2) is 7.17. The van der Waals surface area contributed by atoms with Crippen molar-refractivity contribution in [1.82, 2.24) is 15.2 Å². The van der Waals surface area contributed by atoms with Gasteiger partial charge in [-0.25, -0.2) is 0 Å². The Morgan fingerprint density at radius 1 is 1.17 bits per heavy atom. The number of nitrogens with one attached hydrogen (secondary N) is 2. The van der Waals surface area contributed by atoms with Gasteiger partial charge in [-0.3, -0.25) is 4.79 Å². The van der Waals surface area contributed by atoms with Crippen molar-refractivity contribution in [3.63, 3.8) is 0 Å². The summed E-state index contributed by atoms with van der Waals surface area (Å²) in [5.41, 5.74) is 4.13. The smallest absolute Gasteiger partial charge is 0.240 e. The van der Waals surface area contributed by atoms with Crippen LogP contribution in [0, 0.1) is 0 Å². The first kappa shape index (κ1) is 18.7. The van der Waals surface area contributed by atoms with Crippen LogP contribution < -0.4 is 15.5 Å². The summed E-state index contributed by atoms with van der Waals surface area (Å²) in [6.07, 6.45) is 1.02. The Bertz CT molecular complexity index is 1090. The molecule has 0 aliphatic carbocycles. The van der Waals surface area contributed by atoms with Crippen LogP contribution in [0.5, 0.6) is 0 Å². The Hall–Kier alpha value is -2.34. The summed E-state index contributed by atoms with van der Waals surface area (Å²) in [5, 5.41) is 8.38. The van der Waals surface area contributed by atoms with Gasteiger partial charge in [-0.15, -0.1) is 0 Å². The number of hydrogen-bond donors (Lipinski definition) is 2. The number of nitrogens with zero attached hydrogens (tertiary/aromatic N) is 2. The molecule has 1 saturated heterocycles. The Balaban J connectivity index is 1.55. The minimum Gasteiger partial charge on any atom is -0.343 e. The number of rotatable bonds is 6. The van der Waals surface area contributed by atoms with Crippen molar-refractivity contribution in [2.24, 2.45) is 0 Å². The van der Waals surface area contributed by atoms with Crippen molar-refractivity contribution in [3.05, 3.63) is 64.8 Å². The van der Waals surface area contributed by atoms with Gasteiger partial charge in [0.2, 0.25) is 5.91 Å². The first-order chi connectivity index (χ1) is 14.1. The van der Waals surface area contributed by atoms with Gasteiger partial charge in [-0.2, -0.15) is 0 Å². The minimum absolute atomic E-state index is 0.211. The molecule has 0 radical (unpaired) electrons. The number of aromatic nitrogens is 1. The lowest BCUT2D eigenvalue weighted by Crippen LogP contribution is -2.61. The van der Waals surface area contributed by atoms with Crippen LogP contribution in [0.2, 0.25) is 5.02 Å². The van der Waals surface area contributed by atoms with E-state index < -0.39 is 0 Å². The highest BCUT2D eigenvalue weighted by atomic mass is 35.5. The van der Waals surface area contributed by atoms with Crippen LogP contribution in [0.3, 0.4) is 0 Å². The van der Waals surface area contributed by atoms with Crippen LogP contribution in [0.4, 0.5) is 5.69 Å². The van der Waals surface area contributed by atoms with Gasteiger partial charge in [0.05, 0.1) is 6.54 Å². The lowest BCUT2D eigenvalue weighted by molar-refractivity contribution is -0.125. The van der Waals surface area contributed by atoms with Gasteiger partial charge in [0.1, 0.15) is 5.41 Å². The summed E-state index contributed by atoms with van der Waals surface area (Å²) >= 11 is 6.24. The number of carbonyl (C=O) groups is 1. The highest BCUT2D eigenvalue weighted by Gasteiger charge is 2.54. The topological polar surface area (TPSA) is 49.3 Å².